The van der Waals surface area contributed by atoms with Crippen molar-refractivity contribution in [2.45, 2.75) is 6.42 Å². The zero-order chi connectivity index (χ0) is 8.81. The highest BCUT2D eigenvalue weighted by Crippen LogP contribution is 1.98. The second-order valence-corrected chi connectivity index (χ2v) is 2.85. The topological polar surface area (TPSA) is 41.6 Å². The molecule has 1 rings (SSSR count). The van der Waals surface area contributed by atoms with Gasteiger partial charge >= 0.3 is 0 Å². The number of halogens is 1. The Morgan fingerprint density at radius 2 is 2.08 bits per heavy atom. The van der Waals surface area contributed by atoms with Gasteiger partial charge in [0.25, 0.3) is 0 Å². The number of rotatable bonds is 3. The van der Waals surface area contributed by atoms with Crippen molar-refractivity contribution in [2.75, 3.05) is 39.9 Å². The van der Waals surface area contributed by atoms with E-state index in [9.17, 15) is 4.79 Å². The van der Waals surface area contributed by atoms with Crippen LogP contribution in [0.15, 0.2) is 0 Å². The summed E-state index contributed by atoms with van der Waals surface area (Å²) in [6.07, 6.45) is 0.594. The highest BCUT2D eigenvalue weighted by Gasteiger charge is 2.15. The SMILES string of the molecule is CNCCC(=O)N1CCOCC1.Cl. The molecule has 0 atom stereocenters. The minimum Gasteiger partial charge on any atom is -0.378 e. The molecule has 0 bridgehead atoms. The first kappa shape index (κ1) is 12.7. The average molecular weight is 209 g/mol. The molecule has 1 amide bonds. The van der Waals surface area contributed by atoms with Crippen LogP contribution in [-0.4, -0.2) is 50.7 Å². The second kappa shape index (κ2) is 7.12. The lowest BCUT2D eigenvalue weighted by atomic mass is 10.3. The molecule has 0 saturated carbocycles. The van der Waals surface area contributed by atoms with Crippen molar-refractivity contribution in [3.8, 4) is 0 Å². The first-order valence-electron chi connectivity index (χ1n) is 4.34. The van der Waals surface area contributed by atoms with Crippen molar-refractivity contribution < 1.29 is 9.53 Å². The number of carbonyl (C=O) groups is 1. The van der Waals surface area contributed by atoms with Crippen LogP contribution in [0.1, 0.15) is 6.42 Å². The number of amides is 1. The van der Waals surface area contributed by atoms with Crippen LogP contribution >= 0.6 is 12.4 Å². The highest BCUT2D eigenvalue weighted by molar-refractivity contribution is 5.85. The van der Waals surface area contributed by atoms with Crippen LogP contribution in [0, 0.1) is 0 Å². The predicted molar refractivity (Wildman–Crippen MR) is 53.2 cm³/mol. The Balaban J connectivity index is 0.00000144. The van der Waals surface area contributed by atoms with Gasteiger partial charge in [0.15, 0.2) is 0 Å². The molecule has 13 heavy (non-hydrogen) atoms. The predicted octanol–water partition coefficient (Wildman–Crippen LogP) is -0.123. The minimum atomic E-state index is 0. The lowest BCUT2D eigenvalue weighted by Crippen LogP contribution is -2.41. The lowest BCUT2D eigenvalue weighted by Gasteiger charge is -2.26. The Bertz CT molecular complexity index is 149. The van der Waals surface area contributed by atoms with Crippen molar-refractivity contribution in [1.82, 2.24) is 10.2 Å². The summed E-state index contributed by atoms with van der Waals surface area (Å²) in [4.78, 5) is 13.2. The molecule has 1 saturated heterocycles. The normalized spacial score (nSPS) is 16.5. The third-order valence-electron chi connectivity index (χ3n) is 1.95. The van der Waals surface area contributed by atoms with Crippen LogP contribution in [-0.2, 0) is 9.53 Å². The van der Waals surface area contributed by atoms with Crippen molar-refractivity contribution in [3.05, 3.63) is 0 Å². The summed E-state index contributed by atoms with van der Waals surface area (Å²) in [5.74, 6) is 0.229. The summed E-state index contributed by atoms with van der Waals surface area (Å²) >= 11 is 0. The van der Waals surface area contributed by atoms with Gasteiger partial charge in [-0.05, 0) is 7.05 Å². The Hall–Kier alpha value is -0.320. The van der Waals surface area contributed by atoms with Crippen LogP contribution in [0.5, 0.6) is 0 Å². The summed E-state index contributed by atoms with van der Waals surface area (Å²) in [7, 11) is 1.85. The van der Waals surface area contributed by atoms with Crippen molar-refractivity contribution in [1.29, 1.82) is 0 Å². The van der Waals surface area contributed by atoms with E-state index in [4.69, 9.17) is 4.74 Å². The molecule has 1 heterocycles. The van der Waals surface area contributed by atoms with Crippen molar-refractivity contribution >= 4 is 18.3 Å². The standard InChI is InChI=1S/C8H16N2O2.ClH/c1-9-3-2-8(11)10-4-6-12-7-5-10;/h9H,2-7H2,1H3;1H. The summed E-state index contributed by atoms with van der Waals surface area (Å²) in [5.41, 5.74) is 0. The van der Waals surface area contributed by atoms with Gasteiger partial charge in [0.2, 0.25) is 5.91 Å². The van der Waals surface area contributed by atoms with Gasteiger partial charge < -0.3 is 15.0 Å². The van der Waals surface area contributed by atoms with Gasteiger partial charge in [-0.2, -0.15) is 0 Å². The zero-order valence-electron chi connectivity index (χ0n) is 7.91. The van der Waals surface area contributed by atoms with Crippen LogP contribution in [0.25, 0.3) is 0 Å². The molecule has 0 spiro atoms. The van der Waals surface area contributed by atoms with Crippen molar-refractivity contribution in [3.63, 3.8) is 0 Å². The summed E-state index contributed by atoms with van der Waals surface area (Å²) < 4.78 is 5.14. The molecule has 0 aliphatic carbocycles. The van der Waals surface area contributed by atoms with E-state index in [1.165, 1.54) is 0 Å². The fraction of sp³-hybridized carbons (Fsp3) is 0.875. The first-order chi connectivity index (χ1) is 5.84. The Labute approximate surface area is 85.0 Å². The van der Waals surface area contributed by atoms with Crippen LogP contribution in [0.4, 0.5) is 0 Å². The Kier molecular flexibility index (Phi) is 6.94. The molecule has 0 radical (unpaired) electrons. The van der Waals surface area contributed by atoms with Gasteiger partial charge in [0.1, 0.15) is 0 Å². The fourth-order valence-corrected chi connectivity index (χ4v) is 1.20. The Morgan fingerprint density at radius 1 is 1.46 bits per heavy atom. The average Bonchev–Trinajstić information content (AvgIpc) is 2.15. The van der Waals surface area contributed by atoms with E-state index in [2.05, 4.69) is 5.32 Å². The smallest absolute Gasteiger partial charge is 0.224 e. The van der Waals surface area contributed by atoms with Gasteiger partial charge in [0, 0.05) is 26.1 Å². The summed E-state index contributed by atoms with van der Waals surface area (Å²) in [5, 5.41) is 2.96. The van der Waals surface area contributed by atoms with Gasteiger partial charge in [-0.1, -0.05) is 0 Å². The van der Waals surface area contributed by atoms with E-state index in [1.54, 1.807) is 0 Å². The molecule has 5 heteroatoms. The van der Waals surface area contributed by atoms with Crippen molar-refractivity contribution in [2.24, 2.45) is 0 Å². The number of morpholine rings is 1. The van der Waals surface area contributed by atoms with Gasteiger partial charge in [-0.3, -0.25) is 4.79 Å². The van der Waals surface area contributed by atoms with E-state index in [1.807, 2.05) is 11.9 Å². The summed E-state index contributed by atoms with van der Waals surface area (Å²) in [6.45, 7) is 3.64. The van der Waals surface area contributed by atoms with E-state index >= 15 is 0 Å². The second-order valence-electron chi connectivity index (χ2n) is 2.85. The number of hydrogen-bond acceptors (Lipinski definition) is 3. The van der Waals surface area contributed by atoms with E-state index in [0.29, 0.717) is 19.6 Å². The first-order valence-corrected chi connectivity index (χ1v) is 4.34. The van der Waals surface area contributed by atoms with Crippen LogP contribution < -0.4 is 5.32 Å². The molecule has 1 fully saturated rings. The molecule has 4 nitrogen and oxygen atoms in total. The Morgan fingerprint density at radius 3 is 2.62 bits per heavy atom. The number of nitrogens with one attached hydrogen (secondary N) is 1. The molecular formula is C8H17ClN2O2. The molecule has 0 aromatic carbocycles. The maximum atomic E-state index is 11.4. The van der Waals surface area contributed by atoms with E-state index < -0.39 is 0 Å². The molecular weight excluding hydrogens is 192 g/mol. The molecule has 1 aliphatic rings. The van der Waals surface area contributed by atoms with Gasteiger partial charge in [-0.25, -0.2) is 0 Å². The van der Waals surface area contributed by atoms with Crippen LogP contribution in [0.3, 0.4) is 0 Å². The molecule has 0 aromatic heterocycles. The maximum absolute atomic E-state index is 11.4. The molecule has 0 unspecified atom stereocenters. The molecule has 0 aromatic rings. The maximum Gasteiger partial charge on any atom is 0.224 e. The van der Waals surface area contributed by atoms with E-state index in [-0.39, 0.29) is 18.3 Å². The highest BCUT2D eigenvalue weighted by atomic mass is 35.5. The zero-order valence-corrected chi connectivity index (χ0v) is 8.73. The third kappa shape index (κ3) is 4.45. The molecule has 1 N–H and O–H groups in total. The number of ether oxygens (including phenoxy) is 1. The fourth-order valence-electron chi connectivity index (χ4n) is 1.20. The minimum absolute atomic E-state index is 0. The third-order valence-corrected chi connectivity index (χ3v) is 1.95. The number of carbonyl (C=O) groups excluding carboxylic acids is 1. The summed E-state index contributed by atoms with van der Waals surface area (Å²) in [6, 6.07) is 0. The largest absolute Gasteiger partial charge is 0.378 e. The lowest BCUT2D eigenvalue weighted by molar-refractivity contribution is -0.135. The quantitative estimate of drug-likeness (QED) is 0.703. The number of nitrogens with zero attached hydrogens (tertiary/aromatic N) is 1. The molecule has 78 valence electrons. The van der Waals surface area contributed by atoms with Gasteiger partial charge in [-0.15, -0.1) is 12.4 Å². The van der Waals surface area contributed by atoms with Gasteiger partial charge in [0.05, 0.1) is 13.2 Å². The van der Waals surface area contributed by atoms with E-state index in [0.717, 1.165) is 19.6 Å². The monoisotopic (exact) mass is 208 g/mol. The molecule has 1 aliphatic heterocycles. The number of hydrogen-bond donors (Lipinski definition) is 1. The van der Waals surface area contributed by atoms with Crippen LogP contribution in [0.2, 0.25) is 0 Å².